The number of nitrogens with one attached hydrogen (secondary N) is 1. The second-order valence-electron chi connectivity index (χ2n) is 8.78. The van der Waals surface area contributed by atoms with Crippen molar-refractivity contribution in [1.82, 2.24) is 5.32 Å². The molecule has 0 aliphatic rings. The highest BCUT2D eigenvalue weighted by atomic mass is 16.5. The molecule has 1 N–H and O–H groups in total. The molecule has 37 heavy (non-hydrogen) atoms. The van der Waals surface area contributed by atoms with Gasteiger partial charge in [0.05, 0.1) is 33.3 Å². The maximum Gasteiger partial charge on any atom is 0.228 e. The molecule has 5 heteroatoms. The van der Waals surface area contributed by atoms with Crippen LogP contribution in [0.5, 0.6) is 17.2 Å². The Hall–Kier alpha value is -4.25. The number of hydrogen-bond donors (Lipinski definition) is 1. The highest BCUT2D eigenvalue weighted by Gasteiger charge is 2.28. The highest BCUT2D eigenvalue weighted by molar-refractivity contribution is 5.84. The van der Waals surface area contributed by atoms with Crippen LogP contribution in [0.3, 0.4) is 0 Å². The molecular formula is C32H33NO4. The molecule has 190 valence electrons. The van der Waals surface area contributed by atoms with Crippen molar-refractivity contribution >= 4 is 5.91 Å². The Morgan fingerprint density at radius 1 is 0.676 bits per heavy atom. The van der Waals surface area contributed by atoms with Crippen LogP contribution in [0, 0.1) is 0 Å². The van der Waals surface area contributed by atoms with Crippen molar-refractivity contribution in [2.75, 3.05) is 21.3 Å². The predicted molar refractivity (Wildman–Crippen MR) is 146 cm³/mol. The zero-order chi connectivity index (χ0) is 26.0. The van der Waals surface area contributed by atoms with Crippen LogP contribution in [-0.2, 0) is 11.2 Å². The van der Waals surface area contributed by atoms with Crippen LogP contribution in [0.4, 0.5) is 0 Å². The normalized spacial score (nSPS) is 11.6. The van der Waals surface area contributed by atoms with Gasteiger partial charge in [0.1, 0.15) is 17.2 Å². The molecule has 0 bridgehead atoms. The van der Waals surface area contributed by atoms with E-state index in [1.165, 1.54) is 5.56 Å². The summed E-state index contributed by atoms with van der Waals surface area (Å²) in [7, 11) is 4.92. The lowest BCUT2D eigenvalue weighted by molar-refractivity contribution is -0.123. The summed E-state index contributed by atoms with van der Waals surface area (Å²) < 4.78 is 16.7. The third-order valence-electron chi connectivity index (χ3n) is 6.59. The number of carbonyl (C=O) groups excluding carboxylic acids is 1. The summed E-state index contributed by atoms with van der Waals surface area (Å²) in [5, 5.41) is 3.33. The van der Waals surface area contributed by atoms with Crippen LogP contribution in [0.2, 0.25) is 0 Å². The third-order valence-corrected chi connectivity index (χ3v) is 6.59. The number of hydrogen-bond acceptors (Lipinski definition) is 4. The topological polar surface area (TPSA) is 56.8 Å². The zero-order valence-electron chi connectivity index (χ0n) is 21.5. The first-order chi connectivity index (χ1) is 18.1. The van der Waals surface area contributed by atoms with Crippen LogP contribution in [0.1, 0.15) is 40.6 Å². The first-order valence-electron chi connectivity index (χ1n) is 12.4. The van der Waals surface area contributed by atoms with Crippen molar-refractivity contribution < 1.29 is 19.0 Å². The van der Waals surface area contributed by atoms with Crippen molar-refractivity contribution in [2.45, 2.75) is 24.8 Å². The molecular weight excluding hydrogens is 462 g/mol. The van der Waals surface area contributed by atoms with Gasteiger partial charge in [-0.15, -0.1) is 0 Å². The second-order valence-corrected chi connectivity index (χ2v) is 8.78. The van der Waals surface area contributed by atoms with Gasteiger partial charge in [-0.3, -0.25) is 4.79 Å². The molecule has 0 radical (unpaired) electrons. The monoisotopic (exact) mass is 495 g/mol. The second kappa shape index (κ2) is 12.6. The van der Waals surface area contributed by atoms with E-state index in [0.29, 0.717) is 17.9 Å². The lowest BCUT2D eigenvalue weighted by Crippen LogP contribution is -2.34. The third kappa shape index (κ3) is 6.31. The quantitative estimate of drug-likeness (QED) is 0.264. The number of ether oxygens (including phenoxy) is 3. The van der Waals surface area contributed by atoms with Gasteiger partial charge in [-0.1, -0.05) is 78.9 Å². The SMILES string of the molecule is COc1ccc(C(CCc2ccccc2)C(=O)NC(c2ccccc2OC)c2ccccc2OC)cc1. The Morgan fingerprint density at radius 2 is 1.22 bits per heavy atom. The van der Waals surface area contributed by atoms with Gasteiger partial charge in [0.25, 0.3) is 0 Å². The number of benzene rings is 4. The Balaban J connectivity index is 1.71. The maximum absolute atomic E-state index is 14.1. The molecule has 0 aromatic heterocycles. The fourth-order valence-electron chi connectivity index (χ4n) is 4.62. The Labute approximate surface area is 219 Å². The Kier molecular flexibility index (Phi) is 8.82. The Morgan fingerprint density at radius 3 is 1.76 bits per heavy atom. The molecule has 5 nitrogen and oxygen atoms in total. The van der Waals surface area contributed by atoms with Crippen LogP contribution in [-0.4, -0.2) is 27.2 Å². The molecule has 1 amide bonds. The molecule has 4 aromatic rings. The summed E-state index contributed by atoms with van der Waals surface area (Å²) in [5.41, 5.74) is 3.85. The lowest BCUT2D eigenvalue weighted by atomic mass is 9.90. The van der Waals surface area contributed by atoms with Gasteiger partial charge >= 0.3 is 0 Å². The van der Waals surface area contributed by atoms with E-state index in [-0.39, 0.29) is 11.8 Å². The fraction of sp³-hybridized carbons (Fsp3) is 0.219. The van der Waals surface area contributed by atoms with E-state index in [0.717, 1.165) is 28.9 Å². The van der Waals surface area contributed by atoms with Crippen LogP contribution in [0.15, 0.2) is 103 Å². The van der Waals surface area contributed by atoms with E-state index in [1.807, 2.05) is 91.0 Å². The molecule has 4 aromatic carbocycles. The van der Waals surface area contributed by atoms with Crippen LogP contribution < -0.4 is 19.5 Å². The van der Waals surface area contributed by atoms with Gasteiger partial charge in [-0.25, -0.2) is 0 Å². The van der Waals surface area contributed by atoms with Crippen molar-refractivity contribution in [3.05, 3.63) is 125 Å². The largest absolute Gasteiger partial charge is 0.497 e. The average Bonchev–Trinajstić information content (AvgIpc) is 2.97. The number of carbonyl (C=O) groups is 1. The van der Waals surface area contributed by atoms with E-state index in [9.17, 15) is 4.79 Å². The average molecular weight is 496 g/mol. The molecule has 1 unspecified atom stereocenters. The van der Waals surface area contributed by atoms with Gasteiger partial charge in [-0.05, 0) is 48.2 Å². The zero-order valence-corrected chi connectivity index (χ0v) is 21.5. The van der Waals surface area contributed by atoms with Gasteiger partial charge in [0.15, 0.2) is 0 Å². The molecule has 0 spiro atoms. The number of methoxy groups -OCH3 is 3. The standard InChI is InChI=1S/C32H33NO4/c1-35-25-20-18-24(19-21-25)26(22-17-23-11-5-4-6-12-23)32(34)33-31(27-13-7-9-15-29(27)36-2)28-14-8-10-16-30(28)37-3/h4-16,18-21,26,31H,17,22H2,1-3H3,(H,33,34). The van der Waals surface area contributed by atoms with E-state index in [2.05, 4.69) is 17.4 Å². The summed E-state index contributed by atoms with van der Waals surface area (Å²) in [6.07, 6.45) is 1.44. The number of para-hydroxylation sites is 2. The summed E-state index contributed by atoms with van der Waals surface area (Å²) in [6, 6.07) is 33.0. The van der Waals surface area contributed by atoms with Gasteiger partial charge < -0.3 is 19.5 Å². The van der Waals surface area contributed by atoms with Gasteiger partial charge in [0.2, 0.25) is 5.91 Å². The van der Waals surface area contributed by atoms with Crippen LogP contribution in [0.25, 0.3) is 0 Å². The molecule has 0 aliphatic heterocycles. The summed E-state index contributed by atoms with van der Waals surface area (Å²) in [4.78, 5) is 14.1. The lowest BCUT2D eigenvalue weighted by Gasteiger charge is -2.26. The molecule has 0 heterocycles. The summed E-state index contributed by atoms with van der Waals surface area (Å²) >= 11 is 0. The smallest absolute Gasteiger partial charge is 0.228 e. The Bertz CT molecular complexity index is 1240. The van der Waals surface area contributed by atoms with E-state index < -0.39 is 6.04 Å². The number of amides is 1. The first kappa shape index (κ1) is 25.8. The number of rotatable bonds is 11. The molecule has 0 aliphatic carbocycles. The van der Waals surface area contributed by atoms with E-state index in [4.69, 9.17) is 14.2 Å². The summed E-state index contributed by atoms with van der Waals surface area (Å²) in [5.74, 6) is 1.72. The summed E-state index contributed by atoms with van der Waals surface area (Å²) in [6.45, 7) is 0. The highest BCUT2D eigenvalue weighted by Crippen LogP contribution is 2.36. The van der Waals surface area contributed by atoms with Crippen molar-refractivity contribution in [3.63, 3.8) is 0 Å². The molecule has 1 atom stereocenters. The maximum atomic E-state index is 14.1. The predicted octanol–water partition coefficient (Wildman–Crippen LogP) is 6.33. The van der Waals surface area contributed by atoms with Crippen molar-refractivity contribution in [1.29, 1.82) is 0 Å². The van der Waals surface area contributed by atoms with Crippen molar-refractivity contribution in [2.24, 2.45) is 0 Å². The first-order valence-corrected chi connectivity index (χ1v) is 12.4. The van der Waals surface area contributed by atoms with E-state index in [1.54, 1.807) is 21.3 Å². The molecule has 0 saturated heterocycles. The fourth-order valence-corrected chi connectivity index (χ4v) is 4.62. The molecule has 0 fully saturated rings. The number of aryl methyl sites for hydroxylation is 1. The minimum absolute atomic E-state index is 0.0667. The van der Waals surface area contributed by atoms with E-state index >= 15 is 0 Å². The molecule has 4 rings (SSSR count). The minimum Gasteiger partial charge on any atom is -0.497 e. The van der Waals surface area contributed by atoms with Crippen LogP contribution >= 0.6 is 0 Å². The van der Waals surface area contributed by atoms with Gasteiger partial charge in [-0.2, -0.15) is 0 Å². The van der Waals surface area contributed by atoms with Gasteiger partial charge in [0, 0.05) is 11.1 Å². The minimum atomic E-state index is -0.461. The molecule has 0 saturated carbocycles. The van der Waals surface area contributed by atoms with Crippen molar-refractivity contribution in [3.8, 4) is 17.2 Å².